The zero-order chi connectivity index (χ0) is 40.8. The van der Waals surface area contributed by atoms with E-state index in [1.807, 2.05) is 48.5 Å². The monoisotopic (exact) mass is 820 g/mol. The topological polar surface area (TPSA) is 189 Å². The van der Waals surface area contributed by atoms with Gasteiger partial charge in [0.2, 0.25) is 5.88 Å². The predicted octanol–water partition coefficient (Wildman–Crippen LogP) is 7.71. The molecule has 2 amide bonds. The van der Waals surface area contributed by atoms with Crippen LogP contribution in [0.5, 0.6) is 5.88 Å². The van der Waals surface area contributed by atoms with E-state index in [1.54, 1.807) is 53.7 Å². The van der Waals surface area contributed by atoms with Crippen molar-refractivity contribution in [2.45, 2.75) is 89.9 Å². The molecule has 0 radical (unpaired) electrons. The molecule has 3 N–H and O–H groups in total. The van der Waals surface area contributed by atoms with Crippen molar-refractivity contribution in [2.24, 2.45) is 0 Å². The number of aliphatic hydroxyl groups excluding tert-OH is 1. The van der Waals surface area contributed by atoms with Crippen LogP contribution in [-0.2, 0) is 19.1 Å². The molecule has 0 unspecified atom stereocenters. The number of nitrogens with zero attached hydrogens (tertiary/aromatic N) is 4. The van der Waals surface area contributed by atoms with Gasteiger partial charge in [0.15, 0.2) is 0 Å². The predicted molar refractivity (Wildman–Crippen MR) is 207 cm³/mol. The van der Waals surface area contributed by atoms with Gasteiger partial charge in [-0.25, -0.2) is 29.1 Å². The molecule has 0 bridgehead atoms. The minimum Gasteiger partial charge on any atom is -0.480 e. The van der Waals surface area contributed by atoms with Crippen LogP contribution >= 0.6 is 34.8 Å². The van der Waals surface area contributed by atoms with Gasteiger partial charge < -0.3 is 29.5 Å². The highest BCUT2D eigenvalue weighted by Crippen LogP contribution is 2.31. The molecular formula is C38H43Cl3N4O10. The maximum Gasteiger partial charge on any atom is 0.411 e. The smallest absolute Gasteiger partial charge is 0.411 e. The number of aromatic nitrogens is 2. The highest BCUT2D eigenvalue weighted by molar-refractivity contribution is 6.36. The maximum atomic E-state index is 12.4. The molecule has 4 aromatic rings. The summed E-state index contributed by atoms with van der Waals surface area (Å²) in [5.74, 6) is -1.91. The van der Waals surface area contributed by atoms with Crippen LogP contribution in [0.3, 0.4) is 0 Å². The Labute approximate surface area is 332 Å². The van der Waals surface area contributed by atoms with Crippen molar-refractivity contribution < 1.29 is 48.7 Å². The van der Waals surface area contributed by atoms with Crippen LogP contribution in [0.2, 0.25) is 15.5 Å². The molecule has 4 atom stereocenters. The Morgan fingerprint density at radius 3 is 1.67 bits per heavy atom. The first-order chi connectivity index (χ1) is 25.6. The molecule has 55 heavy (non-hydrogen) atoms. The van der Waals surface area contributed by atoms with E-state index in [2.05, 4.69) is 9.97 Å². The number of benzene rings is 2. The number of hydrogen-bond acceptors (Lipinski definition) is 10. The van der Waals surface area contributed by atoms with Gasteiger partial charge in [-0.3, -0.25) is 9.80 Å². The first-order valence-electron chi connectivity index (χ1n) is 17.2. The number of carbonyl (C=O) groups excluding carboxylic acids is 2. The number of hydrogen-bond donors (Lipinski definition) is 3. The van der Waals surface area contributed by atoms with Gasteiger partial charge in [-0.1, -0.05) is 77.3 Å². The van der Waals surface area contributed by atoms with Crippen LogP contribution in [0.1, 0.15) is 54.4 Å². The van der Waals surface area contributed by atoms with Gasteiger partial charge in [0.25, 0.3) is 0 Å². The van der Waals surface area contributed by atoms with Crippen LogP contribution in [0, 0.1) is 0 Å². The summed E-state index contributed by atoms with van der Waals surface area (Å²) in [6.45, 7) is 10.4. The summed E-state index contributed by atoms with van der Waals surface area (Å²) in [5.41, 5.74) is -1.39. The lowest BCUT2D eigenvalue weighted by atomic mass is 10.1. The molecule has 0 spiro atoms. The molecule has 2 aromatic heterocycles. The second kappa shape index (κ2) is 17.9. The lowest BCUT2D eigenvalue weighted by molar-refractivity contribution is -0.142. The average Bonchev–Trinajstić information content (AvgIpc) is 3.68. The first kappa shape index (κ1) is 43.1. The van der Waals surface area contributed by atoms with Gasteiger partial charge in [-0.15, -0.1) is 0 Å². The quantitative estimate of drug-likeness (QED) is 0.170. The van der Waals surface area contributed by atoms with Crippen LogP contribution < -0.4 is 4.74 Å². The standard InChI is InChI=1S/C19H21ClN2O5.C10H17NO5.C9H5Cl2N/c1-19(2,3)27-18(25)22-10-12(9-14(22)17(23)24)26-16-13-7-5-4-6-11(13)8-15(20)21-16;1-10(2,3)16-9(15)11-5-6(12)4-7(11)8(13)14;10-8-5-6-3-1-2-4-7(6)9(11)12-8/h4-8,12,14H,9-10H2,1-3H3,(H,23,24);6-7,12H,4-5H2,1-3H3,(H,13,14);1-5H/t12-,14+;6-,7+;/m11./s1. The molecule has 0 saturated carbocycles. The summed E-state index contributed by atoms with van der Waals surface area (Å²) in [4.78, 5) is 56.9. The number of pyridine rings is 2. The minimum absolute atomic E-state index is 0.00583. The lowest BCUT2D eigenvalue weighted by Gasteiger charge is -2.26. The SMILES string of the molecule is CC(C)(C)OC(=O)N1C[C@H](O)C[C@H]1C(=O)O.CC(C)(C)OC(=O)N1C[C@H](Oc2nc(Cl)cc3ccccc23)C[C@H]1C(=O)O.Clc1cc2ccccc2c(Cl)n1. The van der Waals surface area contributed by atoms with Crippen LogP contribution in [0.15, 0.2) is 60.7 Å². The number of β-amino-alcohol motifs (C(OH)–C–C–N with tert-alkyl or cyclic N) is 1. The highest BCUT2D eigenvalue weighted by atomic mass is 35.5. The summed E-state index contributed by atoms with van der Waals surface area (Å²) in [5, 5.41) is 32.5. The molecule has 2 saturated heterocycles. The fourth-order valence-electron chi connectivity index (χ4n) is 5.72. The summed E-state index contributed by atoms with van der Waals surface area (Å²) in [6.07, 6.45) is -2.52. The van der Waals surface area contributed by atoms with Gasteiger partial charge in [0, 0.05) is 23.6 Å². The normalized spacial score (nSPS) is 19.5. The van der Waals surface area contributed by atoms with Gasteiger partial charge in [0.05, 0.1) is 19.2 Å². The van der Waals surface area contributed by atoms with E-state index in [1.165, 1.54) is 4.90 Å². The lowest BCUT2D eigenvalue weighted by Crippen LogP contribution is -2.43. The second-order valence-corrected chi connectivity index (χ2v) is 15.9. The van der Waals surface area contributed by atoms with Crippen LogP contribution in [-0.4, -0.2) is 108 Å². The zero-order valence-electron chi connectivity index (χ0n) is 31.0. The number of aliphatic carboxylic acids is 2. The van der Waals surface area contributed by atoms with Crippen molar-refractivity contribution in [2.75, 3.05) is 13.1 Å². The molecule has 17 heteroatoms. The third kappa shape index (κ3) is 12.2. The van der Waals surface area contributed by atoms with E-state index in [9.17, 15) is 29.4 Å². The number of aliphatic hydroxyl groups is 1. The third-order valence-corrected chi connectivity index (χ3v) is 8.66. The van der Waals surface area contributed by atoms with Crippen molar-refractivity contribution in [3.05, 3.63) is 76.1 Å². The second-order valence-electron chi connectivity index (χ2n) is 14.8. The summed E-state index contributed by atoms with van der Waals surface area (Å²) < 4.78 is 16.3. The summed E-state index contributed by atoms with van der Waals surface area (Å²) in [7, 11) is 0. The molecule has 2 aromatic carbocycles. The van der Waals surface area contributed by atoms with E-state index < -0.39 is 59.6 Å². The maximum absolute atomic E-state index is 12.4. The van der Waals surface area contributed by atoms with Crippen molar-refractivity contribution in [1.29, 1.82) is 0 Å². The fourth-order valence-corrected chi connectivity index (χ4v) is 6.42. The Hall–Kier alpha value is -4.63. The summed E-state index contributed by atoms with van der Waals surface area (Å²) >= 11 is 17.7. The number of ether oxygens (including phenoxy) is 3. The van der Waals surface area contributed by atoms with Crippen LogP contribution in [0.25, 0.3) is 21.5 Å². The molecule has 0 aliphatic carbocycles. The number of rotatable bonds is 4. The van der Waals surface area contributed by atoms with Crippen LogP contribution in [0.4, 0.5) is 9.59 Å². The Morgan fingerprint density at radius 2 is 1.15 bits per heavy atom. The number of amides is 2. The number of carboxylic acid groups (broad SMARTS) is 2. The fraction of sp³-hybridized carbons (Fsp3) is 0.421. The van der Waals surface area contributed by atoms with E-state index in [0.29, 0.717) is 16.2 Å². The molecule has 296 valence electrons. The molecular weight excluding hydrogens is 779 g/mol. The van der Waals surface area contributed by atoms with Crippen molar-refractivity contribution >= 4 is 80.5 Å². The molecule has 4 heterocycles. The number of carboxylic acids is 2. The number of likely N-dealkylation sites (tertiary alicyclic amines) is 2. The van der Waals surface area contributed by atoms with Gasteiger partial charge in [-0.2, -0.15) is 0 Å². The number of halogens is 3. The molecule has 2 fully saturated rings. The van der Waals surface area contributed by atoms with Gasteiger partial charge >= 0.3 is 24.1 Å². The number of fused-ring (bicyclic) bond motifs is 2. The Balaban J connectivity index is 0.000000203. The van der Waals surface area contributed by atoms with Gasteiger partial charge in [-0.05, 0) is 70.5 Å². The highest BCUT2D eigenvalue weighted by Gasteiger charge is 2.43. The van der Waals surface area contributed by atoms with Gasteiger partial charge in [0.1, 0.15) is 44.8 Å². The largest absolute Gasteiger partial charge is 0.480 e. The minimum atomic E-state index is -1.12. The van der Waals surface area contributed by atoms with E-state index in [4.69, 9.17) is 54.1 Å². The molecule has 6 rings (SSSR count). The average molecular weight is 822 g/mol. The van der Waals surface area contributed by atoms with E-state index >= 15 is 0 Å². The Kier molecular flexibility index (Phi) is 14.0. The van der Waals surface area contributed by atoms with Crippen molar-refractivity contribution in [1.82, 2.24) is 19.8 Å². The third-order valence-electron chi connectivity index (χ3n) is 7.98. The molecule has 2 aliphatic rings. The Bertz CT molecular complexity index is 2040. The van der Waals surface area contributed by atoms with Crippen molar-refractivity contribution in [3.8, 4) is 5.88 Å². The number of carbonyl (C=O) groups is 4. The molecule has 2 aliphatic heterocycles. The Morgan fingerprint density at radius 1 is 0.691 bits per heavy atom. The zero-order valence-corrected chi connectivity index (χ0v) is 33.3. The van der Waals surface area contributed by atoms with E-state index in [0.717, 1.165) is 26.4 Å². The summed E-state index contributed by atoms with van der Waals surface area (Å²) in [6, 6.07) is 16.7. The molecule has 14 nitrogen and oxygen atoms in total. The first-order valence-corrected chi connectivity index (χ1v) is 18.3. The van der Waals surface area contributed by atoms with Crippen molar-refractivity contribution in [3.63, 3.8) is 0 Å². The van der Waals surface area contributed by atoms with E-state index in [-0.39, 0.29) is 31.1 Å².